The molecule has 7 heteroatoms. The molecule has 5 nitrogen and oxygen atoms in total. The molecule has 30 heavy (non-hydrogen) atoms. The second-order valence-electron chi connectivity index (χ2n) is 6.44. The molecule has 0 aliphatic rings. The van der Waals surface area contributed by atoms with Crippen molar-refractivity contribution in [3.63, 3.8) is 0 Å². The Balaban J connectivity index is 1.66. The Morgan fingerprint density at radius 1 is 1.00 bits per heavy atom. The summed E-state index contributed by atoms with van der Waals surface area (Å²) in [5, 5.41) is 3.66. The van der Waals surface area contributed by atoms with Crippen LogP contribution >= 0.6 is 27.5 Å². The first kappa shape index (κ1) is 20.2. The summed E-state index contributed by atoms with van der Waals surface area (Å²) in [7, 11) is 0. The van der Waals surface area contributed by atoms with Crippen molar-refractivity contribution in [2.75, 3.05) is 11.9 Å². The molecule has 1 heterocycles. The number of hydrogen-bond acceptors (Lipinski definition) is 4. The summed E-state index contributed by atoms with van der Waals surface area (Å²) in [6.45, 7) is -0.347. The highest BCUT2D eigenvalue weighted by Gasteiger charge is 2.18. The lowest BCUT2D eigenvalue weighted by Crippen LogP contribution is -2.22. The second kappa shape index (κ2) is 8.73. The van der Waals surface area contributed by atoms with Crippen molar-refractivity contribution in [1.82, 2.24) is 0 Å². The maximum Gasteiger partial charge on any atom is 0.262 e. The van der Waals surface area contributed by atoms with Crippen molar-refractivity contribution in [1.29, 1.82) is 0 Å². The average Bonchev–Trinajstić information content (AvgIpc) is 2.75. The lowest BCUT2D eigenvalue weighted by atomic mass is 10.1. The zero-order valence-electron chi connectivity index (χ0n) is 15.5. The van der Waals surface area contributed by atoms with Crippen LogP contribution in [0.5, 0.6) is 5.75 Å². The van der Waals surface area contributed by atoms with Crippen LogP contribution in [-0.2, 0) is 4.79 Å². The topological polar surface area (TPSA) is 68.5 Å². The minimum Gasteiger partial charge on any atom is -0.476 e. The number of benzene rings is 3. The number of amides is 1. The Morgan fingerprint density at radius 3 is 2.43 bits per heavy atom. The normalized spacial score (nSPS) is 10.7. The van der Waals surface area contributed by atoms with E-state index in [9.17, 15) is 9.59 Å². The first-order valence-corrected chi connectivity index (χ1v) is 10.2. The average molecular weight is 485 g/mol. The molecule has 1 amide bonds. The van der Waals surface area contributed by atoms with Crippen molar-refractivity contribution in [3.05, 3.63) is 92.5 Å². The number of carbonyl (C=O) groups is 1. The van der Waals surface area contributed by atoms with Gasteiger partial charge in [0, 0.05) is 20.7 Å². The fourth-order valence-electron chi connectivity index (χ4n) is 2.92. The highest BCUT2D eigenvalue weighted by molar-refractivity contribution is 9.10. The Bertz CT molecular complexity index is 1270. The second-order valence-corrected chi connectivity index (χ2v) is 7.79. The molecule has 0 saturated heterocycles. The fraction of sp³-hybridized carbons (Fsp3) is 0.0435. The van der Waals surface area contributed by atoms with Gasteiger partial charge in [-0.3, -0.25) is 9.59 Å². The number of hydrogen-bond donors (Lipinski definition) is 1. The first-order chi connectivity index (χ1) is 14.5. The summed E-state index contributed by atoms with van der Waals surface area (Å²) in [5.74, 6) is -0.180. The van der Waals surface area contributed by atoms with Gasteiger partial charge in [-0.1, -0.05) is 39.7 Å². The standard InChI is InChI=1S/C23H15BrClNO4/c24-15-7-11-17(12-8-15)26-20(27)13-29-23-21(28)18-3-1-2-4-19(18)30-22(23)14-5-9-16(25)10-6-14/h1-12H,13H2,(H,26,27). The monoisotopic (exact) mass is 483 g/mol. The van der Waals surface area contributed by atoms with Crippen LogP contribution < -0.4 is 15.5 Å². The maximum absolute atomic E-state index is 13.0. The minimum atomic E-state index is -0.396. The summed E-state index contributed by atoms with van der Waals surface area (Å²) >= 11 is 9.32. The summed E-state index contributed by atoms with van der Waals surface area (Å²) in [5.41, 5.74) is 1.32. The lowest BCUT2D eigenvalue weighted by Gasteiger charge is -2.12. The molecule has 0 atom stereocenters. The van der Waals surface area contributed by atoms with Gasteiger partial charge in [-0.25, -0.2) is 0 Å². The van der Waals surface area contributed by atoms with Gasteiger partial charge in [0.05, 0.1) is 5.39 Å². The van der Waals surface area contributed by atoms with E-state index in [1.54, 1.807) is 60.7 Å². The zero-order valence-corrected chi connectivity index (χ0v) is 17.9. The molecule has 3 aromatic carbocycles. The van der Waals surface area contributed by atoms with E-state index in [2.05, 4.69) is 21.2 Å². The van der Waals surface area contributed by atoms with Crippen molar-refractivity contribution >= 4 is 50.1 Å². The van der Waals surface area contributed by atoms with Gasteiger partial charge in [0.15, 0.2) is 12.4 Å². The number of halogens is 2. The smallest absolute Gasteiger partial charge is 0.262 e. The number of para-hydroxylation sites is 1. The first-order valence-electron chi connectivity index (χ1n) is 9.01. The van der Waals surface area contributed by atoms with E-state index in [0.717, 1.165) is 4.47 Å². The van der Waals surface area contributed by atoms with Gasteiger partial charge in [-0.15, -0.1) is 0 Å². The number of nitrogens with one attached hydrogen (secondary N) is 1. The molecule has 1 aromatic heterocycles. The molecule has 0 spiro atoms. The third-order valence-corrected chi connectivity index (χ3v) is 5.12. The molecule has 4 aromatic rings. The van der Waals surface area contributed by atoms with Gasteiger partial charge in [-0.2, -0.15) is 0 Å². The summed E-state index contributed by atoms with van der Waals surface area (Å²) < 4.78 is 12.5. The molecule has 0 radical (unpaired) electrons. The van der Waals surface area contributed by atoms with E-state index in [1.807, 2.05) is 12.1 Å². The molecule has 0 fully saturated rings. The number of anilines is 1. The van der Waals surface area contributed by atoms with E-state index in [1.165, 1.54) is 0 Å². The van der Waals surface area contributed by atoms with Crippen LogP contribution in [0.3, 0.4) is 0 Å². The quantitative estimate of drug-likeness (QED) is 0.383. The van der Waals surface area contributed by atoms with Crippen LogP contribution in [0.15, 0.2) is 86.5 Å². The van der Waals surface area contributed by atoms with Crippen molar-refractivity contribution in [3.8, 4) is 17.1 Å². The predicted octanol–water partition coefficient (Wildman–Crippen LogP) is 5.89. The Labute approximate surface area is 185 Å². The van der Waals surface area contributed by atoms with Crippen LogP contribution in [0.1, 0.15) is 0 Å². The molecule has 150 valence electrons. The number of rotatable bonds is 5. The van der Waals surface area contributed by atoms with Crippen LogP contribution in [0.4, 0.5) is 5.69 Å². The van der Waals surface area contributed by atoms with Crippen molar-refractivity contribution in [2.45, 2.75) is 0 Å². The molecule has 0 unspecified atom stereocenters. The highest BCUT2D eigenvalue weighted by atomic mass is 79.9. The molecule has 0 aliphatic carbocycles. The van der Waals surface area contributed by atoms with E-state index in [4.69, 9.17) is 20.8 Å². The summed E-state index contributed by atoms with van der Waals surface area (Å²) in [6.07, 6.45) is 0. The molecule has 4 rings (SSSR count). The maximum atomic E-state index is 13.0. The Hall–Kier alpha value is -3.09. The van der Waals surface area contributed by atoms with Gasteiger partial charge in [0.2, 0.25) is 11.2 Å². The highest BCUT2D eigenvalue weighted by Crippen LogP contribution is 2.31. The van der Waals surface area contributed by atoms with Crippen LogP contribution in [-0.4, -0.2) is 12.5 Å². The summed E-state index contributed by atoms with van der Waals surface area (Å²) in [6, 6.07) is 20.9. The molecule has 0 bridgehead atoms. The zero-order chi connectivity index (χ0) is 21.1. The molecule has 0 aliphatic heterocycles. The Morgan fingerprint density at radius 2 is 1.70 bits per heavy atom. The number of carbonyl (C=O) groups excluding carboxylic acids is 1. The minimum absolute atomic E-state index is 0.0259. The van der Waals surface area contributed by atoms with Crippen LogP contribution in [0.2, 0.25) is 5.02 Å². The predicted molar refractivity (Wildman–Crippen MR) is 121 cm³/mol. The number of fused-ring (bicyclic) bond motifs is 1. The molecule has 0 saturated carbocycles. The van der Waals surface area contributed by atoms with Crippen LogP contribution in [0.25, 0.3) is 22.3 Å². The van der Waals surface area contributed by atoms with Gasteiger partial charge >= 0.3 is 0 Å². The molecule has 1 N–H and O–H groups in total. The van der Waals surface area contributed by atoms with E-state index in [-0.39, 0.29) is 23.5 Å². The third-order valence-electron chi connectivity index (χ3n) is 4.34. The Kier molecular flexibility index (Phi) is 5.88. The van der Waals surface area contributed by atoms with Gasteiger partial charge in [-0.05, 0) is 60.7 Å². The third kappa shape index (κ3) is 4.40. The van der Waals surface area contributed by atoms with Gasteiger partial charge in [0.1, 0.15) is 5.58 Å². The van der Waals surface area contributed by atoms with E-state index in [0.29, 0.717) is 27.2 Å². The summed E-state index contributed by atoms with van der Waals surface area (Å²) in [4.78, 5) is 25.4. The molecular weight excluding hydrogens is 470 g/mol. The largest absolute Gasteiger partial charge is 0.476 e. The van der Waals surface area contributed by atoms with Gasteiger partial charge < -0.3 is 14.5 Å². The number of ether oxygens (including phenoxy) is 1. The van der Waals surface area contributed by atoms with E-state index < -0.39 is 5.91 Å². The van der Waals surface area contributed by atoms with Crippen molar-refractivity contribution < 1.29 is 13.9 Å². The lowest BCUT2D eigenvalue weighted by molar-refractivity contribution is -0.118. The fourth-order valence-corrected chi connectivity index (χ4v) is 3.31. The molecular formula is C23H15BrClNO4. The van der Waals surface area contributed by atoms with E-state index >= 15 is 0 Å². The van der Waals surface area contributed by atoms with Crippen LogP contribution in [0, 0.1) is 0 Å². The SMILES string of the molecule is O=C(COc1c(-c2ccc(Cl)cc2)oc2ccccc2c1=O)Nc1ccc(Br)cc1. The van der Waals surface area contributed by atoms with Gasteiger partial charge in [0.25, 0.3) is 5.91 Å². The van der Waals surface area contributed by atoms with Crippen molar-refractivity contribution in [2.24, 2.45) is 0 Å².